The van der Waals surface area contributed by atoms with Gasteiger partial charge >= 0.3 is 6.09 Å². The molecule has 4 aliphatic rings. The van der Waals surface area contributed by atoms with Crippen LogP contribution in [0, 0.1) is 5.92 Å². The highest BCUT2D eigenvalue weighted by Crippen LogP contribution is 2.55. The number of Topliss-reactive ketones (excluding diaryl/α,β-unsaturated/α-hetero) is 3. The second-order valence-corrected chi connectivity index (χ2v) is 8.68. The maximum Gasteiger partial charge on any atom is 0.404 e. The molecule has 10 nitrogen and oxygen atoms in total. The van der Waals surface area contributed by atoms with Crippen LogP contribution in [0.4, 0.5) is 10.5 Å². The fourth-order valence-electron chi connectivity index (χ4n) is 5.37. The van der Waals surface area contributed by atoms with Gasteiger partial charge in [-0.1, -0.05) is 0 Å². The zero-order valence-electron chi connectivity index (χ0n) is 18.4. The van der Waals surface area contributed by atoms with E-state index >= 15 is 0 Å². The first-order valence-electron chi connectivity index (χ1n) is 10.6. The van der Waals surface area contributed by atoms with E-state index in [1.165, 1.54) is 14.0 Å². The number of nitrogens with zero attached hydrogens (tertiary/aromatic N) is 1. The minimum absolute atomic E-state index is 0.0728. The monoisotopic (exact) mass is 452 g/mol. The third-order valence-corrected chi connectivity index (χ3v) is 6.99. The highest BCUT2D eigenvalue weighted by atomic mass is 16.6. The van der Waals surface area contributed by atoms with Gasteiger partial charge in [0.25, 0.3) is 0 Å². The van der Waals surface area contributed by atoms with E-state index in [2.05, 4.69) is 10.6 Å². The van der Waals surface area contributed by atoms with E-state index in [1.54, 1.807) is 31.2 Å². The summed E-state index contributed by atoms with van der Waals surface area (Å²) in [6, 6.07) is 6.67. The quantitative estimate of drug-likeness (QED) is 0.322. The molecule has 5 rings (SSSR count). The van der Waals surface area contributed by atoms with Crippen LogP contribution in [0.2, 0.25) is 0 Å². The van der Waals surface area contributed by atoms with Crippen molar-refractivity contribution < 1.29 is 28.7 Å². The maximum absolute atomic E-state index is 13.7. The molecule has 3 aliphatic heterocycles. The third-order valence-electron chi connectivity index (χ3n) is 6.99. The molecule has 10 heteroatoms. The fourth-order valence-corrected chi connectivity index (χ4v) is 5.37. The average Bonchev–Trinajstić information content (AvgIpc) is 3.40. The summed E-state index contributed by atoms with van der Waals surface area (Å²) in [6.07, 6.45) is -0.967. The molecule has 3 heterocycles. The van der Waals surface area contributed by atoms with Crippen LogP contribution in [0.5, 0.6) is 0 Å². The van der Waals surface area contributed by atoms with E-state index in [4.69, 9.17) is 15.2 Å². The number of piperazine rings is 1. The molecule has 4 unspecified atom stereocenters. The Bertz CT molecular complexity index is 1170. The summed E-state index contributed by atoms with van der Waals surface area (Å²) in [5.41, 5.74) is 6.26. The minimum Gasteiger partial charge on any atom is -0.449 e. The molecular weight excluding hydrogens is 428 g/mol. The molecular formula is C23H24N4O6. The van der Waals surface area contributed by atoms with Gasteiger partial charge in [-0.3, -0.25) is 14.4 Å². The summed E-state index contributed by atoms with van der Waals surface area (Å²) in [6.45, 7) is 3.39. The van der Waals surface area contributed by atoms with Gasteiger partial charge in [-0.15, -0.1) is 0 Å². The van der Waals surface area contributed by atoms with Gasteiger partial charge in [0.05, 0.1) is 23.4 Å². The van der Waals surface area contributed by atoms with E-state index in [0.717, 1.165) is 0 Å². The molecule has 0 spiro atoms. The van der Waals surface area contributed by atoms with E-state index in [9.17, 15) is 19.2 Å². The van der Waals surface area contributed by atoms with Crippen molar-refractivity contribution in [1.82, 2.24) is 10.2 Å². The largest absolute Gasteiger partial charge is 0.449 e. The zero-order chi connectivity index (χ0) is 23.7. The fraction of sp³-hybridized carbons (Fsp3) is 0.391. The summed E-state index contributed by atoms with van der Waals surface area (Å²) < 4.78 is 11.1. The number of rotatable bonds is 6. The number of nitrogens with one attached hydrogen (secondary N) is 2. The standard InChI is InChI=1S/C23H24N4O6/c1-10-17(25-13-6-4-12(5-7-13)11(2)28)20(30)16-14(9-33-22(24)31)23(32-3)21-15(26-21)8-27(23)18(16)19(10)29/h4-7,14-15,21,25-26H,8-9H2,1-3H3,(H2,24,31). The number of amides is 1. The van der Waals surface area contributed by atoms with E-state index in [1.807, 2.05) is 4.90 Å². The van der Waals surface area contributed by atoms with E-state index in [-0.39, 0.29) is 52.9 Å². The number of anilines is 1. The Balaban J connectivity index is 1.53. The average molecular weight is 452 g/mol. The second kappa shape index (κ2) is 7.26. The Labute approximate surface area is 189 Å². The highest BCUT2D eigenvalue weighted by molar-refractivity contribution is 6.26. The lowest BCUT2D eigenvalue weighted by Gasteiger charge is -2.39. The van der Waals surface area contributed by atoms with Gasteiger partial charge in [-0.05, 0) is 38.1 Å². The molecule has 0 bridgehead atoms. The lowest BCUT2D eigenvalue weighted by atomic mass is 9.82. The molecule has 2 saturated heterocycles. The highest BCUT2D eigenvalue weighted by Gasteiger charge is 2.72. The second-order valence-electron chi connectivity index (χ2n) is 8.68. The van der Waals surface area contributed by atoms with Gasteiger partial charge in [0, 0.05) is 42.1 Å². The molecule has 2 fully saturated rings. The van der Waals surface area contributed by atoms with Crippen molar-refractivity contribution in [2.75, 3.05) is 25.6 Å². The zero-order valence-corrected chi connectivity index (χ0v) is 18.4. The Morgan fingerprint density at radius 2 is 1.94 bits per heavy atom. The number of primary amides is 1. The molecule has 33 heavy (non-hydrogen) atoms. The van der Waals surface area contributed by atoms with Crippen molar-refractivity contribution in [3.8, 4) is 0 Å². The smallest absolute Gasteiger partial charge is 0.404 e. The molecule has 0 saturated carbocycles. The number of methoxy groups -OCH3 is 1. The SMILES string of the molecule is COC12C(COC(N)=O)C3=C(C(=O)C(C)=C(Nc4ccc(C(C)=O)cc4)C3=O)N1CC1NC12. The van der Waals surface area contributed by atoms with Crippen molar-refractivity contribution in [2.24, 2.45) is 11.7 Å². The van der Waals surface area contributed by atoms with E-state index in [0.29, 0.717) is 23.5 Å². The van der Waals surface area contributed by atoms with Crippen LogP contribution in [0.25, 0.3) is 0 Å². The number of benzene rings is 1. The number of hydrogen-bond acceptors (Lipinski definition) is 9. The lowest BCUT2D eigenvalue weighted by Crippen LogP contribution is -2.55. The van der Waals surface area contributed by atoms with Crippen LogP contribution < -0.4 is 16.4 Å². The normalized spacial score (nSPS) is 29.7. The number of fused-ring (bicyclic) bond motifs is 4. The van der Waals surface area contributed by atoms with Crippen LogP contribution >= 0.6 is 0 Å². The van der Waals surface area contributed by atoms with Crippen molar-refractivity contribution in [3.05, 3.63) is 52.4 Å². The first kappa shape index (κ1) is 21.4. The van der Waals surface area contributed by atoms with Crippen molar-refractivity contribution in [1.29, 1.82) is 0 Å². The third kappa shape index (κ3) is 2.94. The summed E-state index contributed by atoms with van der Waals surface area (Å²) in [7, 11) is 1.52. The Morgan fingerprint density at radius 1 is 1.24 bits per heavy atom. The summed E-state index contributed by atoms with van der Waals surface area (Å²) >= 11 is 0. The predicted octanol–water partition coefficient (Wildman–Crippen LogP) is 0.705. The first-order chi connectivity index (χ1) is 15.7. The summed E-state index contributed by atoms with van der Waals surface area (Å²) in [4.78, 5) is 52.0. The van der Waals surface area contributed by atoms with Gasteiger partial charge in [0.2, 0.25) is 11.6 Å². The predicted molar refractivity (Wildman–Crippen MR) is 116 cm³/mol. The molecule has 4 atom stereocenters. The first-order valence-corrected chi connectivity index (χ1v) is 10.6. The van der Waals surface area contributed by atoms with Crippen LogP contribution in [0.1, 0.15) is 24.2 Å². The van der Waals surface area contributed by atoms with E-state index < -0.39 is 17.7 Å². The molecule has 1 aliphatic carbocycles. The number of nitrogens with two attached hydrogens (primary N) is 1. The van der Waals surface area contributed by atoms with Gasteiger partial charge in [-0.2, -0.15) is 0 Å². The van der Waals surface area contributed by atoms with Crippen LogP contribution in [0.3, 0.4) is 0 Å². The van der Waals surface area contributed by atoms with Crippen molar-refractivity contribution >= 4 is 29.1 Å². The molecule has 4 N–H and O–H groups in total. The van der Waals surface area contributed by atoms with Crippen molar-refractivity contribution in [2.45, 2.75) is 31.7 Å². The van der Waals surface area contributed by atoms with Gasteiger partial charge in [-0.25, -0.2) is 4.79 Å². The Hall–Kier alpha value is -3.50. The minimum atomic E-state index is -1.02. The van der Waals surface area contributed by atoms with Crippen LogP contribution in [0.15, 0.2) is 46.8 Å². The Kier molecular flexibility index (Phi) is 4.69. The molecule has 172 valence electrons. The van der Waals surface area contributed by atoms with Gasteiger partial charge in [0.1, 0.15) is 6.61 Å². The number of carbonyl (C=O) groups is 4. The van der Waals surface area contributed by atoms with Gasteiger partial charge in [0.15, 0.2) is 11.5 Å². The number of ketones is 3. The van der Waals surface area contributed by atoms with Gasteiger partial charge < -0.3 is 30.7 Å². The van der Waals surface area contributed by atoms with Crippen molar-refractivity contribution in [3.63, 3.8) is 0 Å². The lowest BCUT2D eigenvalue weighted by molar-refractivity contribution is -0.137. The topological polar surface area (TPSA) is 150 Å². The number of allylic oxidation sites excluding steroid dienone is 2. The molecule has 0 radical (unpaired) electrons. The summed E-state index contributed by atoms with van der Waals surface area (Å²) in [5, 5.41) is 6.37. The maximum atomic E-state index is 13.7. The Morgan fingerprint density at radius 3 is 2.55 bits per heavy atom. The van der Waals surface area contributed by atoms with Crippen LogP contribution in [-0.4, -0.2) is 66.4 Å². The molecule has 1 amide bonds. The number of carbonyl (C=O) groups excluding carboxylic acids is 4. The number of ether oxygens (including phenoxy) is 2. The molecule has 1 aromatic carbocycles. The van der Waals surface area contributed by atoms with Crippen LogP contribution in [-0.2, 0) is 19.1 Å². The summed E-state index contributed by atoms with van der Waals surface area (Å²) in [5.74, 6) is -1.41. The molecule has 0 aromatic heterocycles. The molecule has 1 aromatic rings. The number of hydrogen-bond donors (Lipinski definition) is 3.